The van der Waals surface area contributed by atoms with Crippen molar-refractivity contribution in [3.05, 3.63) is 29.3 Å². The predicted octanol–water partition coefficient (Wildman–Crippen LogP) is 8.37. The summed E-state index contributed by atoms with van der Waals surface area (Å²) in [5.74, 6) is -1.26. The Kier molecular flexibility index (Phi) is 8.68. The first-order chi connectivity index (χ1) is 14.0. The van der Waals surface area contributed by atoms with Gasteiger partial charge in [0.2, 0.25) is 0 Å². The minimum atomic E-state index is -3.23. The van der Waals surface area contributed by atoms with E-state index < -0.39 is 24.0 Å². The van der Waals surface area contributed by atoms with E-state index in [9.17, 15) is 17.6 Å². The van der Waals surface area contributed by atoms with Crippen molar-refractivity contribution in [2.24, 2.45) is 11.8 Å². The average molecular weight is 415 g/mol. The molecule has 0 N–H and O–H groups in total. The number of ether oxygens (including phenoxy) is 1. The lowest BCUT2D eigenvalue weighted by molar-refractivity contribution is -0.0546. The van der Waals surface area contributed by atoms with E-state index in [-0.39, 0.29) is 5.92 Å². The monoisotopic (exact) mass is 414 g/mol. The van der Waals surface area contributed by atoms with Gasteiger partial charge in [-0.3, -0.25) is 0 Å². The van der Waals surface area contributed by atoms with Crippen molar-refractivity contribution in [3.8, 4) is 5.75 Å². The summed E-state index contributed by atoms with van der Waals surface area (Å²) >= 11 is 0. The molecule has 2 aliphatic rings. The third-order valence-electron chi connectivity index (χ3n) is 7.00. The van der Waals surface area contributed by atoms with Crippen molar-refractivity contribution in [2.75, 3.05) is 0 Å². The summed E-state index contributed by atoms with van der Waals surface area (Å²) in [5, 5.41) is 0. The topological polar surface area (TPSA) is 9.23 Å². The summed E-state index contributed by atoms with van der Waals surface area (Å²) in [6, 6.07) is 2.33. The maximum atomic E-state index is 14.0. The second-order valence-corrected chi connectivity index (χ2v) is 9.05. The SMILES string of the molecule is Fc1cc([C@H]2CC[C@H](CCCCCCC3CCCC3)CC2)cc(F)c1OC(F)F. The van der Waals surface area contributed by atoms with Crippen LogP contribution in [0.1, 0.15) is 101 Å². The van der Waals surface area contributed by atoms with Gasteiger partial charge in [0, 0.05) is 0 Å². The standard InChI is InChI=1S/C24H34F4O/c25-21-15-20(16-22(26)23(21)29-24(27)28)19-13-11-18(12-14-19)8-4-2-1-3-7-17-9-5-6-10-17/h15-19,24H,1-14H2/t18-,19-. The Morgan fingerprint density at radius 2 is 1.28 bits per heavy atom. The van der Waals surface area contributed by atoms with Crippen molar-refractivity contribution >= 4 is 0 Å². The highest BCUT2D eigenvalue weighted by molar-refractivity contribution is 5.33. The van der Waals surface area contributed by atoms with E-state index in [4.69, 9.17) is 0 Å². The molecule has 3 rings (SSSR count). The molecule has 2 saturated carbocycles. The van der Waals surface area contributed by atoms with Crippen molar-refractivity contribution in [3.63, 3.8) is 0 Å². The minimum Gasteiger partial charge on any atom is -0.429 e. The van der Waals surface area contributed by atoms with E-state index in [1.807, 2.05) is 0 Å². The Bertz CT molecular complexity index is 596. The molecule has 0 unspecified atom stereocenters. The van der Waals surface area contributed by atoms with Crippen LogP contribution < -0.4 is 4.74 Å². The molecule has 0 aliphatic heterocycles. The number of unbranched alkanes of at least 4 members (excludes halogenated alkanes) is 3. The van der Waals surface area contributed by atoms with Gasteiger partial charge in [0.25, 0.3) is 0 Å². The predicted molar refractivity (Wildman–Crippen MR) is 107 cm³/mol. The first-order valence-corrected chi connectivity index (χ1v) is 11.5. The van der Waals surface area contributed by atoms with E-state index in [1.165, 1.54) is 64.2 Å². The molecule has 0 saturated heterocycles. The molecule has 5 heteroatoms. The number of hydrogen-bond acceptors (Lipinski definition) is 1. The number of halogens is 4. The van der Waals surface area contributed by atoms with Gasteiger partial charge in [0.1, 0.15) is 0 Å². The lowest BCUT2D eigenvalue weighted by Crippen LogP contribution is -2.14. The zero-order valence-electron chi connectivity index (χ0n) is 17.3. The number of benzene rings is 1. The minimum absolute atomic E-state index is 0.0993. The Morgan fingerprint density at radius 1 is 0.759 bits per heavy atom. The Balaban J connectivity index is 1.34. The first kappa shape index (κ1) is 22.4. The molecular weight excluding hydrogens is 380 g/mol. The van der Waals surface area contributed by atoms with Crippen LogP contribution in [0.4, 0.5) is 17.6 Å². The van der Waals surface area contributed by atoms with Gasteiger partial charge >= 0.3 is 6.61 Å². The van der Waals surface area contributed by atoms with Gasteiger partial charge in [-0.25, -0.2) is 8.78 Å². The molecule has 2 aliphatic carbocycles. The van der Waals surface area contributed by atoms with Crippen LogP contribution in [0.15, 0.2) is 12.1 Å². The Hall–Kier alpha value is -1.26. The lowest BCUT2D eigenvalue weighted by atomic mass is 9.77. The van der Waals surface area contributed by atoms with Crippen molar-refractivity contribution in [1.29, 1.82) is 0 Å². The van der Waals surface area contributed by atoms with Gasteiger partial charge in [-0.1, -0.05) is 64.2 Å². The van der Waals surface area contributed by atoms with Crippen molar-refractivity contribution in [2.45, 2.75) is 102 Å². The van der Waals surface area contributed by atoms with Crippen LogP contribution in [-0.2, 0) is 0 Å². The molecule has 1 nitrogen and oxygen atoms in total. The zero-order valence-corrected chi connectivity index (χ0v) is 17.3. The summed E-state index contributed by atoms with van der Waals surface area (Å²) in [6.45, 7) is -3.23. The average Bonchev–Trinajstić information content (AvgIpc) is 3.21. The summed E-state index contributed by atoms with van der Waals surface area (Å²) < 4.78 is 56.4. The fraction of sp³-hybridized carbons (Fsp3) is 0.750. The maximum absolute atomic E-state index is 14.0. The second kappa shape index (κ2) is 11.2. The van der Waals surface area contributed by atoms with E-state index in [1.54, 1.807) is 0 Å². The molecule has 0 spiro atoms. The van der Waals surface area contributed by atoms with Crippen LogP contribution in [0, 0.1) is 23.5 Å². The van der Waals surface area contributed by atoms with Gasteiger partial charge in [-0.2, -0.15) is 8.78 Å². The van der Waals surface area contributed by atoms with Gasteiger partial charge in [0.15, 0.2) is 17.4 Å². The van der Waals surface area contributed by atoms with Crippen LogP contribution in [0.5, 0.6) is 5.75 Å². The highest BCUT2D eigenvalue weighted by Gasteiger charge is 2.25. The third kappa shape index (κ3) is 6.89. The molecule has 29 heavy (non-hydrogen) atoms. The fourth-order valence-corrected chi connectivity index (χ4v) is 5.32. The highest BCUT2D eigenvalue weighted by Crippen LogP contribution is 2.39. The van der Waals surface area contributed by atoms with Crippen LogP contribution in [0.25, 0.3) is 0 Å². The molecule has 0 amide bonds. The molecule has 0 bridgehead atoms. The molecule has 164 valence electrons. The van der Waals surface area contributed by atoms with Crippen molar-refractivity contribution < 1.29 is 22.3 Å². The van der Waals surface area contributed by atoms with Crippen LogP contribution in [-0.4, -0.2) is 6.61 Å². The maximum Gasteiger partial charge on any atom is 0.387 e. The summed E-state index contributed by atoms with van der Waals surface area (Å²) in [6.07, 6.45) is 17.7. The van der Waals surface area contributed by atoms with E-state index in [0.29, 0.717) is 11.5 Å². The third-order valence-corrected chi connectivity index (χ3v) is 7.00. The van der Waals surface area contributed by atoms with Crippen LogP contribution in [0.3, 0.4) is 0 Å². The van der Waals surface area contributed by atoms with Gasteiger partial charge in [0.05, 0.1) is 0 Å². The zero-order chi connectivity index (χ0) is 20.6. The van der Waals surface area contributed by atoms with Gasteiger partial charge < -0.3 is 4.74 Å². The number of hydrogen-bond donors (Lipinski definition) is 0. The Morgan fingerprint density at radius 3 is 1.79 bits per heavy atom. The molecule has 0 aromatic heterocycles. The quantitative estimate of drug-likeness (QED) is 0.276. The summed E-state index contributed by atoms with van der Waals surface area (Å²) in [4.78, 5) is 0. The van der Waals surface area contributed by atoms with E-state index >= 15 is 0 Å². The molecule has 0 radical (unpaired) electrons. The fourth-order valence-electron chi connectivity index (χ4n) is 5.32. The molecule has 0 atom stereocenters. The Labute approximate surface area is 172 Å². The number of rotatable bonds is 10. The largest absolute Gasteiger partial charge is 0.429 e. The molecule has 2 fully saturated rings. The summed E-state index contributed by atoms with van der Waals surface area (Å²) in [7, 11) is 0. The van der Waals surface area contributed by atoms with Crippen molar-refractivity contribution in [1.82, 2.24) is 0 Å². The normalized spacial score (nSPS) is 23.1. The number of alkyl halides is 2. The summed E-state index contributed by atoms with van der Waals surface area (Å²) in [5.41, 5.74) is 0.562. The smallest absolute Gasteiger partial charge is 0.387 e. The highest BCUT2D eigenvalue weighted by atomic mass is 19.3. The van der Waals surface area contributed by atoms with E-state index in [0.717, 1.165) is 43.7 Å². The van der Waals surface area contributed by atoms with Crippen LogP contribution in [0.2, 0.25) is 0 Å². The second-order valence-electron chi connectivity index (χ2n) is 9.05. The lowest BCUT2D eigenvalue weighted by Gasteiger charge is -2.29. The molecule has 0 heterocycles. The molecule has 1 aromatic carbocycles. The van der Waals surface area contributed by atoms with Gasteiger partial charge in [-0.15, -0.1) is 0 Å². The van der Waals surface area contributed by atoms with Gasteiger partial charge in [-0.05, 0) is 61.1 Å². The molecule has 1 aromatic rings. The van der Waals surface area contributed by atoms with Crippen LogP contribution >= 0.6 is 0 Å². The first-order valence-electron chi connectivity index (χ1n) is 11.5. The molecular formula is C24H34F4O. The van der Waals surface area contributed by atoms with E-state index in [2.05, 4.69) is 4.74 Å².